The molecule has 0 spiro atoms. The number of carboxylic acids is 1. The molecule has 0 aliphatic rings. The molecule has 0 bridgehead atoms. The van der Waals surface area contributed by atoms with Gasteiger partial charge in [0.15, 0.2) is 0 Å². The van der Waals surface area contributed by atoms with Crippen LogP contribution in [0.5, 0.6) is 0 Å². The molecule has 0 fully saturated rings. The number of rotatable bonds is 31. The highest BCUT2D eigenvalue weighted by atomic mass is 16.4. The molecule has 250 valence electrons. The summed E-state index contributed by atoms with van der Waals surface area (Å²) in [4.78, 5) is 10.2. The monoisotopic (exact) mass is 592 g/mol. The minimum Gasteiger partial charge on any atom is -0.550 e. The van der Waals surface area contributed by atoms with Crippen molar-refractivity contribution >= 4 is 5.97 Å². The van der Waals surface area contributed by atoms with Gasteiger partial charge in [0.05, 0.1) is 27.7 Å². The van der Waals surface area contributed by atoms with Gasteiger partial charge in [-0.3, -0.25) is 0 Å². The van der Waals surface area contributed by atoms with E-state index in [2.05, 4.69) is 59.3 Å². The first kappa shape index (κ1) is 43.0. The molecule has 0 aromatic heterocycles. The zero-order valence-corrected chi connectivity index (χ0v) is 29.6. The number of carbonyl (C=O) groups excluding carboxylic acids is 1. The van der Waals surface area contributed by atoms with Crippen LogP contribution in [0.2, 0.25) is 0 Å². The highest BCUT2D eigenvalue weighted by Crippen LogP contribution is 2.11. The number of hydrogen-bond acceptors (Lipinski definition) is 2. The van der Waals surface area contributed by atoms with Crippen molar-refractivity contribution in [2.45, 2.75) is 194 Å². The van der Waals surface area contributed by atoms with E-state index in [1.54, 1.807) is 0 Å². The van der Waals surface area contributed by atoms with Gasteiger partial charge in [0.1, 0.15) is 0 Å². The lowest BCUT2D eigenvalue weighted by atomic mass is 10.1. The predicted octanol–water partition coefficient (Wildman–Crippen LogP) is 11.5. The van der Waals surface area contributed by atoms with E-state index in [1.165, 1.54) is 161 Å². The Hall–Kier alpha value is -1.09. The van der Waals surface area contributed by atoms with Gasteiger partial charge < -0.3 is 14.4 Å². The van der Waals surface area contributed by atoms with Crippen molar-refractivity contribution in [1.82, 2.24) is 0 Å². The van der Waals surface area contributed by atoms with Gasteiger partial charge in [-0.2, -0.15) is 0 Å². The lowest BCUT2D eigenvalue weighted by molar-refractivity contribution is -0.870. The van der Waals surface area contributed by atoms with E-state index in [1.807, 2.05) is 0 Å². The molecule has 0 N–H and O–H groups in total. The number of carbonyl (C=O) groups is 1. The number of nitrogens with zero attached hydrogens (tertiary/aromatic N) is 1. The third kappa shape index (κ3) is 45.9. The summed E-state index contributed by atoms with van der Waals surface area (Å²) in [6.07, 6.45) is 45.3. The van der Waals surface area contributed by atoms with Crippen LogP contribution in [0.25, 0.3) is 0 Å². The molecule has 0 atom stereocenters. The van der Waals surface area contributed by atoms with Gasteiger partial charge in [0.2, 0.25) is 0 Å². The van der Waals surface area contributed by atoms with Crippen molar-refractivity contribution in [3.8, 4) is 0 Å². The Kier molecular flexibility index (Phi) is 37.0. The van der Waals surface area contributed by atoms with Gasteiger partial charge in [-0.25, -0.2) is 0 Å². The van der Waals surface area contributed by atoms with E-state index in [9.17, 15) is 9.90 Å². The molecule has 3 nitrogen and oxygen atoms in total. The summed E-state index contributed by atoms with van der Waals surface area (Å²) in [5.41, 5.74) is 0. The van der Waals surface area contributed by atoms with Crippen molar-refractivity contribution in [2.24, 2.45) is 0 Å². The molecule has 3 heteroatoms. The largest absolute Gasteiger partial charge is 0.550 e. The summed E-state index contributed by atoms with van der Waals surface area (Å²) in [6, 6.07) is 0. The van der Waals surface area contributed by atoms with Crippen LogP contribution in [0.3, 0.4) is 0 Å². The van der Waals surface area contributed by atoms with Crippen molar-refractivity contribution in [3.05, 3.63) is 24.3 Å². The molecule has 0 heterocycles. The molecule has 0 aliphatic carbocycles. The lowest BCUT2D eigenvalue weighted by Gasteiger charge is -2.23. The maximum Gasteiger partial charge on any atom is 0.0780 e. The van der Waals surface area contributed by atoms with Crippen LogP contribution in [0, 0.1) is 0 Å². The smallest absolute Gasteiger partial charge is 0.0780 e. The van der Waals surface area contributed by atoms with Gasteiger partial charge in [0, 0.05) is 5.97 Å². The zero-order chi connectivity index (χ0) is 31.4. The van der Waals surface area contributed by atoms with Crippen molar-refractivity contribution in [3.63, 3.8) is 0 Å². The zero-order valence-electron chi connectivity index (χ0n) is 29.6. The summed E-state index contributed by atoms with van der Waals surface area (Å²) >= 11 is 0. The van der Waals surface area contributed by atoms with E-state index in [4.69, 9.17) is 0 Å². The second-order valence-corrected chi connectivity index (χ2v) is 13.7. The number of unbranched alkanes of at least 4 members (excludes halogenated alkanes) is 23. The molecule has 0 saturated carbocycles. The Labute approximate surface area is 265 Å². The third-order valence-electron chi connectivity index (χ3n) is 7.98. The third-order valence-corrected chi connectivity index (χ3v) is 7.98. The van der Waals surface area contributed by atoms with Crippen molar-refractivity contribution < 1.29 is 14.4 Å². The summed E-state index contributed by atoms with van der Waals surface area (Å²) in [6.45, 7) is 5.86. The van der Waals surface area contributed by atoms with Crippen LogP contribution in [-0.4, -0.2) is 38.1 Å². The highest BCUT2D eigenvalue weighted by Gasteiger charge is 2.04. The van der Waals surface area contributed by atoms with Crippen LogP contribution in [0.1, 0.15) is 194 Å². The van der Waals surface area contributed by atoms with E-state index >= 15 is 0 Å². The van der Waals surface area contributed by atoms with Crippen LogP contribution in [0.15, 0.2) is 24.3 Å². The summed E-state index contributed by atoms with van der Waals surface area (Å²) < 4.78 is 1.11. The quantitative estimate of drug-likeness (QED) is 0.0457. The molecule has 42 heavy (non-hydrogen) atoms. The number of allylic oxidation sites excluding steroid dienone is 4. The molecule has 0 saturated heterocycles. The SMILES string of the molecule is CCCCCCCC/C=C\CCCCCCCC(=O)[O-].CCCCCCCC/C=C\CCCCCCCC[N+](C)(C)C. The average Bonchev–Trinajstić information content (AvgIpc) is 2.94. The Bertz CT molecular complexity index is 575. The Morgan fingerprint density at radius 3 is 1.05 bits per heavy atom. The average molecular weight is 592 g/mol. The summed E-state index contributed by atoms with van der Waals surface area (Å²) in [5, 5.41) is 10.2. The normalized spacial score (nSPS) is 11.8. The Morgan fingerprint density at radius 1 is 0.452 bits per heavy atom. The first-order chi connectivity index (χ1) is 20.3. The summed E-state index contributed by atoms with van der Waals surface area (Å²) in [5.74, 6) is -0.914. The van der Waals surface area contributed by atoms with Crippen LogP contribution < -0.4 is 5.11 Å². The van der Waals surface area contributed by atoms with Gasteiger partial charge in [-0.1, -0.05) is 141 Å². The minimum atomic E-state index is -0.914. The van der Waals surface area contributed by atoms with E-state index < -0.39 is 5.97 Å². The molecule has 0 aromatic carbocycles. The highest BCUT2D eigenvalue weighted by molar-refractivity contribution is 5.64. The molecular weight excluding hydrogens is 514 g/mol. The van der Waals surface area contributed by atoms with E-state index in [0.29, 0.717) is 0 Å². The Morgan fingerprint density at radius 2 is 0.738 bits per heavy atom. The molecule has 0 rings (SSSR count). The standard InChI is InChI=1S/C21H44N.C18H34O2/c1-5-6-7-8-9-10-11-12-13-14-15-16-17-18-19-20-21-22(2,3)4;1-2-3-4-5-6-7-8-9-10-11-12-13-14-15-16-17-18(19)20/h12-13H,5-11,14-21H2,1-4H3;9-10H,2-8,11-17H2,1H3,(H,19,20)/q+1;/p-1/b13-12-;10-9-. The lowest BCUT2D eigenvalue weighted by Crippen LogP contribution is -2.35. The number of carboxylic acid groups (broad SMARTS) is 1. The fraction of sp³-hybridized carbons (Fsp3) is 0.872. The van der Waals surface area contributed by atoms with Gasteiger partial charge >= 0.3 is 0 Å². The number of hydrogen-bond donors (Lipinski definition) is 0. The van der Waals surface area contributed by atoms with Gasteiger partial charge in [-0.15, -0.1) is 0 Å². The van der Waals surface area contributed by atoms with Crippen LogP contribution in [-0.2, 0) is 4.79 Å². The predicted molar refractivity (Wildman–Crippen MR) is 187 cm³/mol. The van der Waals surface area contributed by atoms with Crippen LogP contribution >= 0.6 is 0 Å². The second kappa shape index (κ2) is 36.1. The maximum atomic E-state index is 10.2. The second-order valence-electron chi connectivity index (χ2n) is 13.7. The Balaban J connectivity index is 0. The molecule has 0 aliphatic heterocycles. The first-order valence-corrected chi connectivity index (χ1v) is 18.6. The van der Waals surface area contributed by atoms with Crippen molar-refractivity contribution in [2.75, 3.05) is 27.7 Å². The van der Waals surface area contributed by atoms with Crippen LogP contribution in [0.4, 0.5) is 0 Å². The van der Waals surface area contributed by atoms with Gasteiger partial charge in [0.25, 0.3) is 0 Å². The molecule has 0 amide bonds. The number of aliphatic carboxylic acids is 1. The molecule has 0 unspecified atom stereocenters. The first-order valence-electron chi connectivity index (χ1n) is 18.6. The fourth-order valence-corrected chi connectivity index (χ4v) is 5.17. The van der Waals surface area contributed by atoms with Crippen molar-refractivity contribution in [1.29, 1.82) is 0 Å². The molecular formula is C39H77NO2. The maximum absolute atomic E-state index is 10.2. The van der Waals surface area contributed by atoms with Gasteiger partial charge in [-0.05, 0) is 77.0 Å². The molecule has 0 aromatic rings. The summed E-state index contributed by atoms with van der Waals surface area (Å²) in [7, 11) is 6.87. The van der Waals surface area contributed by atoms with E-state index in [-0.39, 0.29) is 6.42 Å². The minimum absolute atomic E-state index is 0.220. The number of quaternary nitrogens is 1. The molecule has 0 radical (unpaired) electrons. The fourth-order valence-electron chi connectivity index (χ4n) is 5.17. The topological polar surface area (TPSA) is 40.1 Å². The van der Waals surface area contributed by atoms with E-state index in [0.717, 1.165) is 23.7 Å².